The number of halogens is 1. The van der Waals surface area contributed by atoms with Gasteiger partial charge in [-0.05, 0) is 30.2 Å². The molecular formula is C12H13FN4O. The largest absolute Gasteiger partial charge is 0.396 e. The summed E-state index contributed by atoms with van der Waals surface area (Å²) in [6.07, 6.45) is 1.50. The van der Waals surface area contributed by atoms with Crippen LogP contribution in [0, 0.1) is 12.7 Å². The van der Waals surface area contributed by atoms with Crippen molar-refractivity contribution < 1.29 is 9.18 Å². The van der Waals surface area contributed by atoms with E-state index in [0.29, 0.717) is 6.54 Å². The standard InChI is InChI=1S/C12H13FN4O/c1-7-2-3-9(13)4-8(7)5-17-6-10(14)11(16-17)12(15)18/h2-4,6H,5,14H2,1H3,(H2,15,18). The Balaban J connectivity index is 2.31. The summed E-state index contributed by atoms with van der Waals surface area (Å²) in [6, 6.07) is 4.51. The highest BCUT2D eigenvalue weighted by Gasteiger charge is 2.12. The van der Waals surface area contributed by atoms with Gasteiger partial charge in [-0.1, -0.05) is 6.07 Å². The number of amides is 1. The van der Waals surface area contributed by atoms with Crippen LogP contribution < -0.4 is 11.5 Å². The van der Waals surface area contributed by atoms with Gasteiger partial charge in [-0.15, -0.1) is 0 Å². The van der Waals surface area contributed by atoms with Gasteiger partial charge in [0.25, 0.3) is 5.91 Å². The van der Waals surface area contributed by atoms with Crippen molar-refractivity contribution in [3.05, 3.63) is 47.0 Å². The van der Waals surface area contributed by atoms with Gasteiger partial charge in [0.1, 0.15) is 5.82 Å². The third-order valence-corrected chi connectivity index (χ3v) is 2.67. The third-order valence-electron chi connectivity index (χ3n) is 2.67. The Morgan fingerprint density at radius 1 is 1.50 bits per heavy atom. The molecule has 0 unspecified atom stereocenters. The van der Waals surface area contributed by atoms with E-state index in [1.807, 2.05) is 6.92 Å². The van der Waals surface area contributed by atoms with Crippen molar-refractivity contribution in [2.75, 3.05) is 5.73 Å². The molecule has 0 saturated heterocycles. The van der Waals surface area contributed by atoms with Crippen LogP contribution >= 0.6 is 0 Å². The fourth-order valence-corrected chi connectivity index (χ4v) is 1.69. The molecule has 18 heavy (non-hydrogen) atoms. The second-order valence-corrected chi connectivity index (χ2v) is 4.07. The molecule has 6 heteroatoms. The van der Waals surface area contributed by atoms with Gasteiger partial charge in [0.2, 0.25) is 0 Å². The number of primary amides is 1. The number of anilines is 1. The molecule has 1 heterocycles. The molecule has 2 rings (SSSR count). The molecule has 0 aliphatic heterocycles. The molecule has 5 nitrogen and oxygen atoms in total. The van der Waals surface area contributed by atoms with E-state index in [4.69, 9.17) is 11.5 Å². The maximum atomic E-state index is 13.1. The maximum absolute atomic E-state index is 13.1. The molecule has 0 saturated carbocycles. The Hall–Kier alpha value is -2.37. The van der Waals surface area contributed by atoms with E-state index in [9.17, 15) is 9.18 Å². The summed E-state index contributed by atoms with van der Waals surface area (Å²) in [5.41, 5.74) is 12.7. The Morgan fingerprint density at radius 2 is 2.22 bits per heavy atom. The van der Waals surface area contributed by atoms with E-state index < -0.39 is 5.91 Å². The van der Waals surface area contributed by atoms with Gasteiger partial charge in [-0.3, -0.25) is 9.48 Å². The molecule has 2 aromatic rings. The minimum Gasteiger partial charge on any atom is -0.396 e. The minimum absolute atomic E-state index is 0.0315. The smallest absolute Gasteiger partial charge is 0.271 e. The molecular weight excluding hydrogens is 235 g/mol. The molecule has 94 valence electrons. The molecule has 0 aliphatic rings. The summed E-state index contributed by atoms with van der Waals surface area (Å²) < 4.78 is 14.6. The van der Waals surface area contributed by atoms with Crippen LogP contribution in [0.2, 0.25) is 0 Å². The van der Waals surface area contributed by atoms with Gasteiger partial charge in [-0.25, -0.2) is 4.39 Å². The van der Waals surface area contributed by atoms with Gasteiger partial charge >= 0.3 is 0 Å². The zero-order valence-corrected chi connectivity index (χ0v) is 9.85. The van der Waals surface area contributed by atoms with Crippen molar-refractivity contribution in [1.82, 2.24) is 9.78 Å². The molecule has 0 radical (unpaired) electrons. The normalized spacial score (nSPS) is 10.6. The molecule has 0 spiro atoms. The summed E-state index contributed by atoms with van der Waals surface area (Å²) in [5.74, 6) is -0.993. The molecule has 4 N–H and O–H groups in total. The second-order valence-electron chi connectivity index (χ2n) is 4.07. The Kier molecular flexibility index (Phi) is 3.01. The fraction of sp³-hybridized carbons (Fsp3) is 0.167. The topological polar surface area (TPSA) is 86.9 Å². The van der Waals surface area contributed by atoms with Gasteiger partial charge in [0.15, 0.2) is 5.69 Å². The molecule has 0 aliphatic carbocycles. The molecule has 1 aromatic heterocycles. The Labute approximate surface area is 103 Å². The molecule has 1 amide bonds. The number of rotatable bonds is 3. The highest BCUT2D eigenvalue weighted by atomic mass is 19.1. The number of hydrogen-bond donors (Lipinski definition) is 2. The molecule has 1 aromatic carbocycles. The van der Waals surface area contributed by atoms with Gasteiger partial charge < -0.3 is 11.5 Å². The fourth-order valence-electron chi connectivity index (χ4n) is 1.69. The Morgan fingerprint density at radius 3 is 2.83 bits per heavy atom. The summed E-state index contributed by atoms with van der Waals surface area (Å²) in [6.45, 7) is 2.21. The van der Waals surface area contributed by atoms with E-state index in [1.54, 1.807) is 6.07 Å². The SMILES string of the molecule is Cc1ccc(F)cc1Cn1cc(N)c(C(N)=O)n1. The van der Waals surface area contributed by atoms with Gasteiger partial charge in [0.05, 0.1) is 12.2 Å². The number of carbonyl (C=O) groups is 1. The van der Waals surface area contributed by atoms with Crippen LogP contribution in [-0.4, -0.2) is 15.7 Å². The third kappa shape index (κ3) is 2.32. The van der Waals surface area contributed by atoms with Crippen LogP contribution in [0.15, 0.2) is 24.4 Å². The quantitative estimate of drug-likeness (QED) is 0.851. The number of carbonyl (C=O) groups excluding carboxylic acids is 1. The lowest BCUT2D eigenvalue weighted by Gasteiger charge is -2.05. The van der Waals surface area contributed by atoms with E-state index in [0.717, 1.165) is 11.1 Å². The first-order valence-corrected chi connectivity index (χ1v) is 5.35. The van der Waals surface area contributed by atoms with Crippen molar-refractivity contribution in [2.45, 2.75) is 13.5 Å². The van der Waals surface area contributed by atoms with Crippen LogP contribution in [0.4, 0.5) is 10.1 Å². The van der Waals surface area contributed by atoms with Crippen LogP contribution in [-0.2, 0) is 6.54 Å². The summed E-state index contributed by atoms with van der Waals surface area (Å²) >= 11 is 0. The number of aryl methyl sites for hydroxylation is 1. The zero-order valence-electron chi connectivity index (χ0n) is 9.85. The Bertz CT molecular complexity index is 606. The lowest BCUT2D eigenvalue weighted by Crippen LogP contribution is -2.14. The lowest BCUT2D eigenvalue weighted by atomic mass is 10.1. The van der Waals surface area contributed by atoms with Crippen LogP contribution in [0.5, 0.6) is 0 Å². The summed E-state index contributed by atoms with van der Waals surface area (Å²) in [7, 11) is 0. The number of nitrogens with two attached hydrogens (primary N) is 2. The highest BCUT2D eigenvalue weighted by molar-refractivity contribution is 5.95. The number of benzene rings is 1. The first-order chi connectivity index (χ1) is 8.47. The van der Waals surface area contributed by atoms with E-state index >= 15 is 0 Å². The monoisotopic (exact) mass is 248 g/mol. The van der Waals surface area contributed by atoms with Gasteiger partial charge in [0, 0.05) is 6.20 Å². The average molecular weight is 248 g/mol. The number of hydrogen-bond acceptors (Lipinski definition) is 3. The van der Waals surface area contributed by atoms with E-state index in [-0.39, 0.29) is 17.2 Å². The zero-order chi connectivity index (χ0) is 13.3. The van der Waals surface area contributed by atoms with Crippen molar-refractivity contribution >= 4 is 11.6 Å². The summed E-state index contributed by atoms with van der Waals surface area (Å²) in [5, 5.41) is 3.97. The number of nitrogen functional groups attached to an aromatic ring is 1. The van der Waals surface area contributed by atoms with Crippen molar-refractivity contribution in [3.63, 3.8) is 0 Å². The van der Waals surface area contributed by atoms with Crippen LogP contribution in [0.1, 0.15) is 21.6 Å². The van der Waals surface area contributed by atoms with Gasteiger partial charge in [-0.2, -0.15) is 5.10 Å². The predicted octanol–water partition coefficient (Wildman–Crippen LogP) is 1.06. The molecule has 0 atom stereocenters. The number of nitrogens with zero attached hydrogens (tertiary/aromatic N) is 2. The van der Waals surface area contributed by atoms with E-state index in [2.05, 4.69) is 5.10 Å². The number of aromatic nitrogens is 2. The van der Waals surface area contributed by atoms with Crippen molar-refractivity contribution in [3.8, 4) is 0 Å². The first kappa shape index (κ1) is 12.1. The minimum atomic E-state index is -0.679. The summed E-state index contributed by atoms with van der Waals surface area (Å²) in [4.78, 5) is 11.0. The maximum Gasteiger partial charge on any atom is 0.271 e. The second kappa shape index (κ2) is 4.48. The van der Waals surface area contributed by atoms with Crippen LogP contribution in [0.3, 0.4) is 0 Å². The lowest BCUT2D eigenvalue weighted by molar-refractivity contribution is 0.0995. The predicted molar refractivity (Wildman–Crippen MR) is 65.4 cm³/mol. The highest BCUT2D eigenvalue weighted by Crippen LogP contribution is 2.14. The van der Waals surface area contributed by atoms with E-state index in [1.165, 1.54) is 23.0 Å². The van der Waals surface area contributed by atoms with Crippen molar-refractivity contribution in [2.24, 2.45) is 5.73 Å². The molecule has 0 bridgehead atoms. The average Bonchev–Trinajstić information content (AvgIpc) is 2.65. The van der Waals surface area contributed by atoms with Crippen LogP contribution in [0.25, 0.3) is 0 Å². The first-order valence-electron chi connectivity index (χ1n) is 5.35. The molecule has 0 fully saturated rings. The van der Waals surface area contributed by atoms with Crippen molar-refractivity contribution in [1.29, 1.82) is 0 Å².